The smallest absolute Gasteiger partial charge is 0.340 e. The van der Waals surface area contributed by atoms with Gasteiger partial charge < -0.3 is 10.1 Å². The number of halogens is 1. The SMILES string of the molecule is C=CCN1c2ccc(Cl)cc2C(c2ccccc2)=C(C(=O)Nc2ccccc2C(=O)OCC)S1(=O)=O. The quantitative estimate of drug-likeness (QED) is 0.338. The monoisotopic (exact) mass is 522 g/mol. The maximum atomic E-state index is 13.9. The van der Waals surface area contributed by atoms with Crippen molar-refractivity contribution in [1.82, 2.24) is 0 Å². The van der Waals surface area contributed by atoms with E-state index in [9.17, 15) is 18.0 Å². The number of hydrogen-bond acceptors (Lipinski definition) is 5. The third kappa shape index (κ3) is 4.65. The van der Waals surface area contributed by atoms with Crippen LogP contribution in [0.1, 0.15) is 28.4 Å². The lowest BCUT2D eigenvalue weighted by molar-refractivity contribution is -0.112. The number of carbonyl (C=O) groups excluding carboxylic acids is 2. The molecule has 36 heavy (non-hydrogen) atoms. The lowest BCUT2D eigenvalue weighted by atomic mass is 9.95. The second-order valence-corrected chi connectivity index (χ2v) is 10.0. The predicted octanol–water partition coefficient (Wildman–Crippen LogP) is 5.25. The van der Waals surface area contributed by atoms with Gasteiger partial charge in [0.15, 0.2) is 4.91 Å². The molecule has 0 unspecified atom stereocenters. The van der Waals surface area contributed by atoms with Gasteiger partial charge in [0.2, 0.25) is 0 Å². The molecule has 0 spiro atoms. The minimum Gasteiger partial charge on any atom is -0.462 e. The molecule has 9 heteroatoms. The number of benzene rings is 3. The highest BCUT2D eigenvalue weighted by molar-refractivity contribution is 7.97. The molecule has 0 atom stereocenters. The molecule has 0 aromatic heterocycles. The van der Waals surface area contributed by atoms with E-state index < -0.39 is 26.8 Å². The highest BCUT2D eigenvalue weighted by Gasteiger charge is 2.41. The van der Waals surface area contributed by atoms with E-state index in [2.05, 4.69) is 11.9 Å². The van der Waals surface area contributed by atoms with E-state index in [-0.39, 0.29) is 30.0 Å². The molecule has 1 N–H and O–H groups in total. The van der Waals surface area contributed by atoms with Crippen molar-refractivity contribution in [1.29, 1.82) is 0 Å². The molecule has 0 saturated carbocycles. The zero-order valence-electron chi connectivity index (χ0n) is 19.4. The fraction of sp³-hybridized carbons (Fsp3) is 0.111. The molecule has 3 aromatic rings. The summed E-state index contributed by atoms with van der Waals surface area (Å²) >= 11 is 6.31. The first-order valence-electron chi connectivity index (χ1n) is 11.1. The van der Waals surface area contributed by atoms with Gasteiger partial charge in [-0.3, -0.25) is 9.10 Å². The van der Waals surface area contributed by atoms with E-state index in [1.54, 1.807) is 67.6 Å². The molecule has 0 radical (unpaired) electrons. The number of para-hydroxylation sites is 1. The number of carbonyl (C=O) groups is 2. The Morgan fingerprint density at radius 2 is 1.75 bits per heavy atom. The van der Waals surface area contributed by atoms with Crippen LogP contribution in [-0.4, -0.2) is 33.4 Å². The number of nitrogens with zero attached hydrogens (tertiary/aromatic N) is 1. The van der Waals surface area contributed by atoms with Crippen molar-refractivity contribution in [2.24, 2.45) is 0 Å². The Bertz CT molecular complexity index is 1480. The molecule has 4 rings (SSSR count). The van der Waals surface area contributed by atoms with Gasteiger partial charge in [-0.15, -0.1) is 6.58 Å². The highest BCUT2D eigenvalue weighted by Crippen LogP contribution is 2.44. The number of nitrogens with one attached hydrogen (secondary N) is 1. The second-order valence-electron chi connectivity index (χ2n) is 7.78. The number of amides is 1. The summed E-state index contributed by atoms with van der Waals surface area (Å²) in [6.07, 6.45) is 1.44. The molecule has 0 saturated heterocycles. The van der Waals surface area contributed by atoms with E-state index in [4.69, 9.17) is 16.3 Å². The number of fused-ring (bicyclic) bond motifs is 1. The van der Waals surface area contributed by atoms with Crippen LogP contribution in [0.5, 0.6) is 0 Å². The van der Waals surface area contributed by atoms with Crippen molar-refractivity contribution in [2.45, 2.75) is 6.92 Å². The van der Waals surface area contributed by atoms with Crippen molar-refractivity contribution < 1.29 is 22.7 Å². The molecule has 1 amide bonds. The summed E-state index contributed by atoms with van der Waals surface area (Å²) in [7, 11) is -4.34. The summed E-state index contributed by atoms with van der Waals surface area (Å²) in [5.74, 6) is -1.53. The fourth-order valence-corrected chi connectivity index (χ4v) is 5.89. The van der Waals surface area contributed by atoms with E-state index in [1.807, 2.05) is 0 Å². The Balaban J connectivity index is 1.96. The Kier molecular flexibility index (Phi) is 7.28. The van der Waals surface area contributed by atoms with E-state index >= 15 is 0 Å². The molecule has 0 bridgehead atoms. The fourth-order valence-electron chi connectivity index (χ4n) is 4.01. The van der Waals surface area contributed by atoms with Gasteiger partial charge in [0, 0.05) is 16.2 Å². The summed E-state index contributed by atoms with van der Waals surface area (Å²) in [5, 5.41) is 3.00. The van der Waals surface area contributed by atoms with Crippen molar-refractivity contribution in [3.8, 4) is 0 Å². The Hall–Kier alpha value is -3.88. The van der Waals surface area contributed by atoms with Gasteiger partial charge in [-0.2, -0.15) is 0 Å². The van der Waals surface area contributed by atoms with Gasteiger partial charge in [-0.25, -0.2) is 13.2 Å². The molecule has 1 heterocycles. The van der Waals surface area contributed by atoms with Gasteiger partial charge in [-0.1, -0.05) is 60.1 Å². The van der Waals surface area contributed by atoms with Gasteiger partial charge >= 0.3 is 5.97 Å². The molecule has 1 aliphatic heterocycles. The third-order valence-corrected chi connectivity index (χ3v) is 7.57. The van der Waals surface area contributed by atoms with Crippen molar-refractivity contribution in [2.75, 3.05) is 22.8 Å². The predicted molar refractivity (Wildman–Crippen MR) is 141 cm³/mol. The second kappa shape index (κ2) is 10.4. The zero-order chi connectivity index (χ0) is 25.9. The normalized spacial score (nSPS) is 14.1. The summed E-state index contributed by atoms with van der Waals surface area (Å²) in [6, 6.07) is 19.8. The molecule has 7 nitrogen and oxygen atoms in total. The average molecular weight is 523 g/mol. The van der Waals surface area contributed by atoms with Gasteiger partial charge in [0.25, 0.3) is 15.9 Å². The molecule has 0 fully saturated rings. The van der Waals surface area contributed by atoms with Crippen LogP contribution in [0.4, 0.5) is 11.4 Å². The minimum atomic E-state index is -4.34. The molecular formula is C27H23ClN2O5S. The third-order valence-electron chi connectivity index (χ3n) is 5.51. The van der Waals surface area contributed by atoms with Crippen LogP contribution in [0.3, 0.4) is 0 Å². The van der Waals surface area contributed by atoms with Crippen LogP contribution in [0.25, 0.3) is 5.57 Å². The van der Waals surface area contributed by atoms with E-state index in [0.29, 0.717) is 21.8 Å². The first-order valence-corrected chi connectivity index (χ1v) is 12.9. The first kappa shape index (κ1) is 25.2. The summed E-state index contributed by atoms with van der Waals surface area (Å²) < 4.78 is 34.0. The van der Waals surface area contributed by atoms with Gasteiger partial charge in [0.1, 0.15) is 0 Å². The summed E-state index contributed by atoms with van der Waals surface area (Å²) in [5.41, 5.74) is 1.82. The zero-order valence-corrected chi connectivity index (χ0v) is 21.0. The summed E-state index contributed by atoms with van der Waals surface area (Å²) in [6.45, 7) is 5.43. The molecular weight excluding hydrogens is 500 g/mol. The molecule has 1 aliphatic rings. The summed E-state index contributed by atoms with van der Waals surface area (Å²) in [4.78, 5) is 25.7. The standard InChI is InChI=1S/C27H23ClN2O5S/c1-3-16-30-23-15-14-19(28)17-21(23)24(18-10-6-5-7-11-18)25(36(30,33)34)26(31)29-22-13-9-8-12-20(22)27(32)35-4-2/h3,5-15,17H,1,4,16H2,2H3,(H,29,31). The first-order chi connectivity index (χ1) is 17.3. The number of esters is 1. The lowest BCUT2D eigenvalue weighted by Crippen LogP contribution is -2.40. The van der Waals surface area contributed by atoms with Crippen molar-refractivity contribution >= 4 is 50.4 Å². The number of hydrogen-bond donors (Lipinski definition) is 1. The minimum absolute atomic E-state index is 0.0603. The van der Waals surface area contributed by atoms with Crippen LogP contribution in [0, 0.1) is 0 Å². The Morgan fingerprint density at radius 1 is 1.06 bits per heavy atom. The van der Waals surface area contributed by atoms with Crippen LogP contribution in [0.15, 0.2) is 90.4 Å². The van der Waals surface area contributed by atoms with Gasteiger partial charge in [0.05, 0.1) is 30.1 Å². The number of anilines is 2. The lowest BCUT2D eigenvalue weighted by Gasteiger charge is -2.33. The Morgan fingerprint density at radius 3 is 2.44 bits per heavy atom. The van der Waals surface area contributed by atoms with Crippen molar-refractivity contribution in [3.05, 3.63) is 112 Å². The highest BCUT2D eigenvalue weighted by atomic mass is 35.5. The number of ether oxygens (including phenoxy) is 1. The number of sulfonamides is 1. The van der Waals surface area contributed by atoms with E-state index in [0.717, 1.165) is 4.31 Å². The van der Waals surface area contributed by atoms with Gasteiger partial charge in [-0.05, 0) is 42.8 Å². The number of rotatable bonds is 7. The van der Waals surface area contributed by atoms with Crippen LogP contribution >= 0.6 is 11.6 Å². The topological polar surface area (TPSA) is 92.8 Å². The molecule has 3 aromatic carbocycles. The Labute approximate surface area is 214 Å². The largest absolute Gasteiger partial charge is 0.462 e. The molecule has 0 aliphatic carbocycles. The molecule has 184 valence electrons. The van der Waals surface area contributed by atoms with Crippen molar-refractivity contribution in [3.63, 3.8) is 0 Å². The van der Waals surface area contributed by atoms with Crippen LogP contribution < -0.4 is 9.62 Å². The maximum absolute atomic E-state index is 13.9. The maximum Gasteiger partial charge on any atom is 0.340 e. The van der Waals surface area contributed by atoms with Crippen LogP contribution in [-0.2, 0) is 19.6 Å². The van der Waals surface area contributed by atoms with Crippen LogP contribution in [0.2, 0.25) is 5.02 Å². The van der Waals surface area contributed by atoms with E-state index in [1.165, 1.54) is 18.2 Å². The average Bonchev–Trinajstić information content (AvgIpc) is 2.86.